The van der Waals surface area contributed by atoms with Gasteiger partial charge in [-0.3, -0.25) is 4.79 Å². The fraction of sp³-hybridized carbons (Fsp3) is 0.450. The van der Waals surface area contributed by atoms with Crippen molar-refractivity contribution >= 4 is 17.2 Å². The molecule has 1 aromatic carbocycles. The Balaban J connectivity index is 1.52. The fourth-order valence-electron chi connectivity index (χ4n) is 2.22. The van der Waals surface area contributed by atoms with Gasteiger partial charge in [0.2, 0.25) is 0 Å². The van der Waals surface area contributed by atoms with Gasteiger partial charge in [-0.15, -0.1) is 11.3 Å². The van der Waals surface area contributed by atoms with E-state index in [2.05, 4.69) is 10.6 Å². The lowest BCUT2D eigenvalue weighted by molar-refractivity contribution is -0.123. The highest BCUT2D eigenvalue weighted by molar-refractivity contribution is 7.11. The molecule has 1 atom stereocenters. The normalized spacial score (nSPS) is 11.7. The zero-order valence-corrected chi connectivity index (χ0v) is 17.3. The lowest BCUT2D eigenvalue weighted by Crippen LogP contribution is -2.33. The van der Waals surface area contributed by atoms with Crippen LogP contribution in [0.4, 0.5) is 0 Å². The first-order chi connectivity index (χ1) is 14.2. The van der Waals surface area contributed by atoms with Gasteiger partial charge in [-0.1, -0.05) is 0 Å². The van der Waals surface area contributed by atoms with Crippen molar-refractivity contribution in [1.82, 2.24) is 10.6 Å². The van der Waals surface area contributed by atoms with Gasteiger partial charge in [0.15, 0.2) is 11.7 Å². The lowest BCUT2D eigenvalue weighted by atomic mass is 10.3. The largest absolute Gasteiger partial charge is 0.492 e. The van der Waals surface area contributed by atoms with E-state index in [-0.39, 0.29) is 19.1 Å². The molecule has 160 valence electrons. The number of methoxy groups -OCH3 is 1. The van der Waals surface area contributed by atoms with Crippen LogP contribution in [0.1, 0.15) is 0 Å². The van der Waals surface area contributed by atoms with Crippen LogP contribution in [-0.4, -0.2) is 70.3 Å². The van der Waals surface area contributed by atoms with Gasteiger partial charge in [-0.05, 0) is 41.8 Å². The quantitative estimate of drug-likeness (QED) is 0.371. The van der Waals surface area contributed by atoms with Gasteiger partial charge in [0.25, 0.3) is 5.91 Å². The van der Waals surface area contributed by atoms with Crippen LogP contribution in [0.15, 0.2) is 41.8 Å². The number of ether oxygens (including phenoxy) is 4. The van der Waals surface area contributed by atoms with Crippen LogP contribution in [-0.2, 0) is 9.53 Å². The Hall–Kier alpha value is -2.33. The molecule has 3 N–H and O–H groups in total. The number of hydrogen-bond acceptors (Lipinski definition) is 8. The van der Waals surface area contributed by atoms with Gasteiger partial charge in [0.05, 0.1) is 6.61 Å². The number of carbonyl (C=O) groups is 1. The summed E-state index contributed by atoms with van der Waals surface area (Å²) in [4.78, 5) is 11.6. The molecule has 29 heavy (non-hydrogen) atoms. The minimum atomic E-state index is -0.583. The average Bonchev–Trinajstić information content (AvgIpc) is 3.25. The van der Waals surface area contributed by atoms with Crippen molar-refractivity contribution in [1.29, 1.82) is 0 Å². The monoisotopic (exact) mass is 424 g/mol. The van der Waals surface area contributed by atoms with E-state index >= 15 is 0 Å². The van der Waals surface area contributed by atoms with Gasteiger partial charge in [-0.25, -0.2) is 0 Å². The topological polar surface area (TPSA) is 98.3 Å². The second-order valence-corrected chi connectivity index (χ2v) is 6.96. The summed E-state index contributed by atoms with van der Waals surface area (Å²) in [6.07, 6.45) is -0.583. The molecule has 8 nitrogen and oxygen atoms in total. The third-order valence-electron chi connectivity index (χ3n) is 3.66. The van der Waals surface area contributed by atoms with Gasteiger partial charge in [0, 0.05) is 26.7 Å². The maximum atomic E-state index is 11.6. The first-order valence-corrected chi connectivity index (χ1v) is 10.2. The van der Waals surface area contributed by atoms with E-state index in [9.17, 15) is 9.90 Å². The van der Waals surface area contributed by atoms with Crippen LogP contribution in [0.3, 0.4) is 0 Å². The highest BCUT2D eigenvalue weighted by Gasteiger charge is 2.06. The third-order valence-corrected chi connectivity index (χ3v) is 4.44. The molecule has 0 saturated heterocycles. The van der Waals surface area contributed by atoms with Gasteiger partial charge in [-0.2, -0.15) is 0 Å². The van der Waals surface area contributed by atoms with E-state index in [0.29, 0.717) is 44.3 Å². The minimum absolute atomic E-state index is 0.0492. The Bertz CT molecular complexity index is 681. The number of carbonyl (C=O) groups excluding carboxylic acids is 1. The number of amides is 1. The molecule has 1 aromatic heterocycles. The first-order valence-electron chi connectivity index (χ1n) is 9.33. The minimum Gasteiger partial charge on any atom is -0.492 e. The molecule has 0 aliphatic rings. The molecule has 1 amide bonds. The van der Waals surface area contributed by atoms with Crippen LogP contribution >= 0.6 is 11.3 Å². The average molecular weight is 425 g/mol. The van der Waals surface area contributed by atoms with Crippen LogP contribution in [0.25, 0.3) is 0 Å². The Kier molecular flexibility index (Phi) is 10.9. The Labute approximate surface area is 174 Å². The Morgan fingerprint density at radius 1 is 1.07 bits per heavy atom. The van der Waals surface area contributed by atoms with E-state index in [1.165, 1.54) is 11.3 Å². The maximum Gasteiger partial charge on any atom is 0.258 e. The predicted molar refractivity (Wildman–Crippen MR) is 111 cm³/mol. The molecule has 2 rings (SSSR count). The smallest absolute Gasteiger partial charge is 0.258 e. The Morgan fingerprint density at radius 2 is 1.83 bits per heavy atom. The molecule has 1 heterocycles. The molecule has 0 saturated carbocycles. The van der Waals surface area contributed by atoms with Gasteiger partial charge >= 0.3 is 0 Å². The summed E-state index contributed by atoms with van der Waals surface area (Å²) in [5.74, 6) is 1.09. The van der Waals surface area contributed by atoms with Gasteiger partial charge < -0.3 is 34.7 Å². The summed E-state index contributed by atoms with van der Waals surface area (Å²) in [5, 5.41) is 18.4. The maximum absolute atomic E-state index is 11.6. The molecule has 0 aliphatic carbocycles. The standard InChI is InChI=1S/C20H28N2O6S/c1-25-10-9-22-19(24)15-27-18-6-4-17(5-7-18)26-11-8-21-13-16(23)14-28-20-3-2-12-29-20/h2-7,12,16,21,23H,8-11,13-15H2,1H3,(H,22,24). The molecule has 0 bridgehead atoms. The number of nitrogens with one attached hydrogen (secondary N) is 2. The van der Waals surface area contributed by atoms with Crippen molar-refractivity contribution in [3.8, 4) is 16.6 Å². The molecule has 0 spiro atoms. The highest BCUT2D eigenvalue weighted by atomic mass is 32.1. The molecular formula is C20H28N2O6S. The number of aliphatic hydroxyl groups excluding tert-OH is 1. The molecule has 2 aromatic rings. The molecule has 1 unspecified atom stereocenters. The Morgan fingerprint density at radius 3 is 2.52 bits per heavy atom. The van der Waals surface area contributed by atoms with Crippen molar-refractivity contribution < 1.29 is 28.8 Å². The second-order valence-electron chi connectivity index (χ2n) is 6.05. The fourth-order valence-corrected chi connectivity index (χ4v) is 2.80. The molecular weight excluding hydrogens is 396 g/mol. The summed E-state index contributed by atoms with van der Waals surface area (Å²) in [5.41, 5.74) is 0. The zero-order chi connectivity index (χ0) is 20.7. The highest BCUT2D eigenvalue weighted by Crippen LogP contribution is 2.18. The van der Waals surface area contributed by atoms with Crippen molar-refractivity contribution in [3.05, 3.63) is 41.8 Å². The summed E-state index contributed by atoms with van der Waals surface area (Å²) in [7, 11) is 1.58. The van der Waals surface area contributed by atoms with Crippen LogP contribution in [0.2, 0.25) is 0 Å². The lowest BCUT2D eigenvalue weighted by Gasteiger charge is -2.13. The number of thiophene rings is 1. The third kappa shape index (κ3) is 10.1. The van der Waals surface area contributed by atoms with Crippen molar-refractivity contribution in [3.63, 3.8) is 0 Å². The molecule has 0 fully saturated rings. The van der Waals surface area contributed by atoms with Crippen LogP contribution in [0.5, 0.6) is 16.6 Å². The summed E-state index contributed by atoms with van der Waals surface area (Å²) < 4.78 is 21.4. The van der Waals surface area contributed by atoms with E-state index < -0.39 is 6.10 Å². The molecule has 0 aliphatic heterocycles. The zero-order valence-electron chi connectivity index (χ0n) is 16.5. The number of aliphatic hydroxyl groups is 1. The SMILES string of the molecule is COCCNC(=O)COc1ccc(OCCNCC(O)COc2cccs2)cc1. The van der Waals surface area contributed by atoms with E-state index in [1.54, 1.807) is 31.4 Å². The van der Waals surface area contributed by atoms with Gasteiger partial charge in [0.1, 0.15) is 30.8 Å². The summed E-state index contributed by atoms with van der Waals surface area (Å²) >= 11 is 1.50. The van der Waals surface area contributed by atoms with E-state index in [4.69, 9.17) is 18.9 Å². The number of hydrogen-bond donors (Lipinski definition) is 3. The van der Waals surface area contributed by atoms with Crippen LogP contribution < -0.4 is 24.8 Å². The summed E-state index contributed by atoms with van der Waals surface area (Å²) in [6.45, 7) is 2.60. The van der Waals surface area contributed by atoms with E-state index in [1.807, 2.05) is 17.5 Å². The number of rotatable bonds is 15. The van der Waals surface area contributed by atoms with Crippen molar-refractivity contribution in [2.24, 2.45) is 0 Å². The number of benzene rings is 1. The van der Waals surface area contributed by atoms with Crippen molar-refractivity contribution in [2.75, 3.05) is 53.2 Å². The molecule has 0 radical (unpaired) electrons. The molecule has 9 heteroatoms. The predicted octanol–water partition coefficient (Wildman–Crippen LogP) is 1.30. The van der Waals surface area contributed by atoms with E-state index in [0.717, 1.165) is 5.06 Å². The first kappa shape index (κ1) is 23.0. The van der Waals surface area contributed by atoms with Crippen molar-refractivity contribution in [2.45, 2.75) is 6.10 Å². The summed E-state index contributed by atoms with van der Waals surface area (Å²) in [6, 6.07) is 10.8. The second kappa shape index (κ2) is 13.8. The van der Waals surface area contributed by atoms with Crippen LogP contribution in [0, 0.1) is 0 Å².